The van der Waals surface area contributed by atoms with Crippen LogP contribution in [0, 0.1) is 22.4 Å². The van der Waals surface area contributed by atoms with Gasteiger partial charge in [-0.15, -0.1) is 9.46 Å². The third kappa shape index (κ3) is 1.46. The number of halogens is 2. The number of hydrogen-bond donors (Lipinski definition) is 1. The summed E-state index contributed by atoms with van der Waals surface area (Å²) < 4.78 is 13.2. The molecule has 0 unspecified atom stereocenters. The Hall–Kier alpha value is -2.33. The summed E-state index contributed by atoms with van der Waals surface area (Å²) >= 11 is 5.47. The van der Waals surface area contributed by atoms with E-state index in [9.17, 15) is 19.6 Å². The Morgan fingerprint density at radius 3 is 2.82 bits per heavy atom. The maximum atomic E-state index is 13.1. The molecule has 8 heteroatoms. The van der Waals surface area contributed by atoms with Gasteiger partial charge in [-0.05, 0) is 0 Å². The monoisotopic (exact) mass is 255 g/mol. The number of benzene rings is 1. The molecule has 1 N–H and O–H groups in total. The maximum absolute atomic E-state index is 13.1. The molecule has 0 fully saturated rings. The average molecular weight is 256 g/mol. The van der Waals surface area contributed by atoms with Gasteiger partial charge in [-0.2, -0.15) is 5.26 Å². The molecule has 2 rings (SSSR count). The van der Waals surface area contributed by atoms with Crippen LogP contribution in [0.2, 0.25) is 5.02 Å². The Morgan fingerprint density at radius 1 is 1.59 bits per heavy atom. The van der Waals surface area contributed by atoms with Gasteiger partial charge in [0.15, 0.2) is 11.6 Å². The fourth-order valence-corrected chi connectivity index (χ4v) is 1.53. The Balaban J connectivity index is 3.11. The van der Waals surface area contributed by atoms with Crippen molar-refractivity contribution >= 4 is 22.6 Å². The highest BCUT2D eigenvalue weighted by molar-refractivity contribution is 6.31. The summed E-state index contributed by atoms with van der Waals surface area (Å²) in [6, 6.07) is 3.00. The number of rotatable bonds is 0. The van der Waals surface area contributed by atoms with Crippen LogP contribution < -0.4 is 10.3 Å². The van der Waals surface area contributed by atoms with E-state index in [0.29, 0.717) is 0 Å². The Bertz CT molecular complexity index is 735. The lowest BCUT2D eigenvalue weighted by Crippen LogP contribution is -2.42. The van der Waals surface area contributed by atoms with Crippen LogP contribution in [0.15, 0.2) is 16.9 Å². The first-order chi connectivity index (χ1) is 7.97. The lowest BCUT2D eigenvalue weighted by molar-refractivity contribution is -0.581. The number of fused-ring (bicyclic) bond motifs is 1. The van der Waals surface area contributed by atoms with Crippen LogP contribution in [0.1, 0.15) is 5.69 Å². The van der Waals surface area contributed by atoms with E-state index in [1.54, 1.807) is 0 Å². The van der Waals surface area contributed by atoms with Crippen molar-refractivity contribution in [2.75, 3.05) is 0 Å². The lowest BCUT2D eigenvalue weighted by Gasteiger charge is -2.06. The van der Waals surface area contributed by atoms with E-state index >= 15 is 0 Å². The lowest BCUT2D eigenvalue weighted by atomic mass is 10.2. The van der Waals surface area contributed by atoms with Crippen molar-refractivity contribution in [3.8, 4) is 6.07 Å². The zero-order chi connectivity index (χ0) is 12.7. The Kier molecular flexibility index (Phi) is 2.37. The van der Waals surface area contributed by atoms with Gasteiger partial charge < -0.3 is 10.4 Å². The van der Waals surface area contributed by atoms with Crippen molar-refractivity contribution in [3.63, 3.8) is 0 Å². The van der Waals surface area contributed by atoms with Gasteiger partial charge in [0.2, 0.25) is 5.52 Å². The van der Waals surface area contributed by atoms with Crippen LogP contribution in [-0.4, -0.2) is 9.94 Å². The van der Waals surface area contributed by atoms with Gasteiger partial charge in [0.25, 0.3) is 0 Å². The minimum Gasteiger partial charge on any atom is -0.617 e. The molecular weight excluding hydrogens is 253 g/mol. The third-order valence-corrected chi connectivity index (χ3v) is 2.46. The molecule has 0 atom stereocenters. The zero-order valence-corrected chi connectivity index (χ0v) is 8.77. The topological polar surface area (TPSA) is 93.0 Å². The van der Waals surface area contributed by atoms with Crippen LogP contribution in [0.4, 0.5) is 4.39 Å². The highest BCUT2D eigenvalue weighted by Crippen LogP contribution is 2.19. The van der Waals surface area contributed by atoms with Gasteiger partial charge in [0.05, 0.1) is 5.02 Å². The predicted molar refractivity (Wildman–Crippen MR) is 54.0 cm³/mol. The molecule has 0 aliphatic carbocycles. The molecular formula is C9H3ClFN3O3. The molecule has 0 bridgehead atoms. The largest absolute Gasteiger partial charge is 0.617 e. The highest BCUT2D eigenvalue weighted by atomic mass is 35.5. The summed E-state index contributed by atoms with van der Waals surface area (Å²) in [5, 5.41) is 29.2. The van der Waals surface area contributed by atoms with Gasteiger partial charge in [0, 0.05) is 12.1 Å². The summed E-state index contributed by atoms with van der Waals surface area (Å²) in [5.41, 5.74) is -2.71. The number of nitriles is 1. The first kappa shape index (κ1) is 11.2. The molecule has 0 amide bonds. The minimum absolute atomic E-state index is 0.00426. The van der Waals surface area contributed by atoms with E-state index in [2.05, 4.69) is 0 Å². The van der Waals surface area contributed by atoms with E-state index in [4.69, 9.17) is 16.9 Å². The van der Waals surface area contributed by atoms with Crippen molar-refractivity contribution in [1.29, 1.82) is 5.26 Å². The summed E-state index contributed by atoms with van der Waals surface area (Å²) in [6.45, 7) is 0. The molecule has 86 valence electrons. The van der Waals surface area contributed by atoms with Crippen LogP contribution in [-0.2, 0) is 0 Å². The fraction of sp³-hybridized carbons (Fsp3) is 0. The molecule has 1 aromatic heterocycles. The quantitative estimate of drug-likeness (QED) is 0.422. The molecule has 0 aliphatic rings. The summed E-state index contributed by atoms with van der Waals surface area (Å²) in [4.78, 5) is 11.3. The predicted octanol–water partition coefficient (Wildman–Crippen LogP) is 0.536. The van der Waals surface area contributed by atoms with Gasteiger partial charge in [-0.1, -0.05) is 11.6 Å². The second-order valence-corrected chi connectivity index (χ2v) is 3.53. The Labute approximate surface area is 97.9 Å². The molecule has 0 aliphatic heterocycles. The van der Waals surface area contributed by atoms with Crippen molar-refractivity contribution in [1.82, 2.24) is 4.73 Å². The molecule has 6 nitrogen and oxygen atoms in total. The summed E-state index contributed by atoms with van der Waals surface area (Å²) in [5.74, 6) is -0.897. The molecule has 0 radical (unpaired) electrons. The number of aromatic nitrogens is 2. The van der Waals surface area contributed by atoms with Crippen LogP contribution in [0.5, 0.6) is 0 Å². The van der Waals surface area contributed by atoms with E-state index in [1.165, 1.54) is 6.07 Å². The van der Waals surface area contributed by atoms with Crippen molar-refractivity contribution < 1.29 is 14.3 Å². The molecule has 0 spiro atoms. The molecule has 1 aromatic carbocycles. The van der Waals surface area contributed by atoms with Crippen molar-refractivity contribution in [3.05, 3.63) is 44.2 Å². The van der Waals surface area contributed by atoms with Gasteiger partial charge >= 0.3 is 11.3 Å². The SMILES string of the molecule is N#Cc1c(=O)n(O)c2cc(F)c(Cl)cc2[n+]1[O-]. The van der Waals surface area contributed by atoms with Crippen molar-refractivity contribution in [2.24, 2.45) is 0 Å². The summed E-state index contributed by atoms with van der Waals surface area (Å²) in [7, 11) is 0. The number of nitrogens with zero attached hydrogens (tertiary/aromatic N) is 3. The second kappa shape index (κ2) is 3.61. The zero-order valence-electron chi connectivity index (χ0n) is 8.02. The summed E-state index contributed by atoms with van der Waals surface area (Å²) in [6.07, 6.45) is 0. The normalized spacial score (nSPS) is 10.4. The third-order valence-electron chi connectivity index (χ3n) is 2.17. The molecule has 0 saturated heterocycles. The van der Waals surface area contributed by atoms with Gasteiger partial charge in [0.1, 0.15) is 5.82 Å². The molecule has 1 heterocycles. The standard InChI is InChI=1S/C9H3ClFN3O3/c10-4-1-6-7(2-5(4)11)14(17)9(15)8(3-12)13(6)16/h1-2,17H. The van der Waals surface area contributed by atoms with Crippen LogP contribution in [0.3, 0.4) is 0 Å². The van der Waals surface area contributed by atoms with Crippen LogP contribution in [0.25, 0.3) is 11.0 Å². The van der Waals surface area contributed by atoms with E-state index in [0.717, 1.165) is 12.1 Å². The van der Waals surface area contributed by atoms with E-state index in [-0.39, 0.29) is 25.5 Å². The maximum Gasteiger partial charge on any atom is 0.368 e. The smallest absolute Gasteiger partial charge is 0.368 e. The molecule has 2 aromatic rings. The Morgan fingerprint density at radius 2 is 2.24 bits per heavy atom. The number of hydrogen-bond acceptors (Lipinski definition) is 4. The molecule has 0 saturated carbocycles. The van der Waals surface area contributed by atoms with Gasteiger partial charge in [-0.25, -0.2) is 4.39 Å². The average Bonchev–Trinajstić information content (AvgIpc) is 2.30. The second-order valence-electron chi connectivity index (χ2n) is 3.13. The highest BCUT2D eigenvalue weighted by Gasteiger charge is 2.22. The van der Waals surface area contributed by atoms with Gasteiger partial charge in [-0.3, -0.25) is 4.79 Å². The van der Waals surface area contributed by atoms with Crippen LogP contribution >= 0.6 is 11.6 Å². The molecule has 17 heavy (non-hydrogen) atoms. The van der Waals surface area contributed by atoms with E-state index in [1.807, 2.05) is 0 Å². The van der Waals surface area contributed by atoms with E-state index < -0.39 is 17.1 Å². The fourth-order valence-electron chi connectivity index (χ4n) is 1.37. The minimum atomic E-state index is -1.23. The first-order valence-electron chi connectivity index (χ1n) is 4.24. The van der Waals surface area contributed by atoms with Crippen molar-refractivity contribution in [2.45, 2.75) is 0 Å². The first-order valence-corrected chi connectivity index (χ1v) is 4.62.